The number of benzene rings is 2. The number of halogens is 1. The molecule has 0 unspecified atom stereocenters. The fraction of sp³-hybridized carbons (Fsp3) is 0.261. The van der Waals surface area contributed by atoms with E-state index in [1.54, 1.807) is 12.1 Å². The van der Waals surface area contributed by atoms with Gasteiger partial charge >= 0.3 is 0 Å². The number of carbonyl (C=O) groups is 1. The molecule has 0 radical (unpaired) electrons. The monoisotopic (exact) mass is 448 g/mol. The van der Waals surface area contributed by atoms with Crippen LogP contribution in [0.5, 0.6) is 0 Å². The van der Waals surface area contributed by atoms with Crippen LogP contribution in [0.15, 0.2) is 59.8 Å². The quantitative estimate of drug-likeness (QED) is 0.437. The summed E-state index contributed by atoms with van der Waals surface area (Å²) < 4.78 is 15.3. The maximum Gasteiger partial charge on any atom is 0.233 e. The van der Waals surface area contributed by atoms with E-state index in [9.17, 15) is 9.18 Å². The molecule has 0 aliphatic rings. The molecule has 2 aromatic carbocycles. The Morgan fingerprint density at radius 2 is 1.66 bits per heavy atom. The van der Waals surface area contributed by atoms with Crippen molar-refractivity contribution in [2.45, 2.75) is 24.5 Å². The van der Waals surface area contributed by atoms with Gasteiger partial charge in [-0.05, 0) is 29.8 Å². The van der Waals surface area contributed by atoms with Crippen LogP contribution in [0.1, 0.15) is 18.4 Å². The van der Waals surface area contributed by atoms with Crippen molar-refractivity contribution in [2.24, 2.45) is 0 Å². The zero-order valence-electron chi connectivity index (χ0n) is 17.3. The fourth-order valence-electron chi connectivity index (χ4n) is 3.07. The van der Waals surface area contributed by atoms with E-state index < -0.39 is 0 Å². The Labute approximate surface area is 190 Å². The van der Waals surface area contributed by atoms with Crippen molar-refractivity contribution in [1.29, 1.82) is 10.5 Å². The summed E-state index contributed by atoms with van der Waals surface area (Å²) in [5, 5.41) is 26.8. The van der Waals surface area contributed by atoms with Gasteiger partial charge in [0, 0.05) is 18.7 Å². The highest BCUT2D eigenvalue weighted by molar-refractivity contribution is 7.99. The lowest BCUT2D eigenvalue weighted by Crippen LogP contribution is -2.34. The number of nitrogens with zero attached hydrogens (tertiary/aromatic N) is 6. The predicted octanol–water partition coefficient (Wildman–Crippen LogP) is 3.88. The predicted molar refractivity (Wildman–Crippen MR) is 119 cm³/mol. The summed E-state index contributed by atoms with van der Waals surface area (Å²) >= 11 is 1.25. The van der Waals surface area contributed by atoms with Gasteiger partial charge in [0.1, 0.15) is 5.82 Å². The van der Waals surface area contributed by atoms with Crippen LogP contribution in [0, 0.1) is 28.5 Å². The Hall–Kier alpha value is -3.69. The van der Waals surface area contributed by atoms with Gasteiger partial charge in [-0.25, -0.2) is 4.39 Å². The van der Waals surface area contributed by atoms with Gasteiger partial charge in [0.05, 0.1) is 37.3 Å². The van der Waals surface area contributed by atoms with E-state index in [0.717, 1.165) is 11.1 Å². The van der Waals surface area contributed by atoms with Crippen molar-refractivity contribution in [1.82, 2.24) is 19.7 Å². The van der Waals surface area contributed by atoms with E-state index in [1.165, 1.54) is 28.8 Å². The molecule has 0 aliphatic heterocycles. The molecule has 1 heterocycles. The van der Waals surface area contributed by atoms with Gasteiger partial charge in [0.2, 0.25) is 5.91 Å². The largest absolute Gasteiger partial charge is 0.340 e. The van der Waals surface area contributed by atoms with Gasteiger partial charge < -0.3 is 4.90 Å². The number of amides is 1. The van der Waals surface area contributed by atoms with E-state index in [-0.39, 0.29) is 43.4 Å². The van der Waals surface area contributed by atoms with Crippen molar-refractivity contribution >= 4 is 17.7 Å². The molecule has 7 nitrogen and oxygen atoms in total. The van der Waals surface area contributed by atoms with Crippen molar-refractivity contribution < 1.29 is 9.18 Å². The molecule has 1 amide bonds. The first-order valence-corrected chi connectivity index (χ1v) is 11.0. The first-order valence-electron chi connectivity index (χ1n) is 10.00. The van der Waals surface area contributed by atoms with Crippen LogP contribution in [0.4, 0.5) is 4.39 Å². The summed E-state index contributed by atoms with van der Waals surface area (Å²) in [6, 6.07) is 19.9. The molecule has 3 rings (SSSR count). The van der Waals surface area contributed by atoms with Crippen LogP contribution in [-0.4, -0.2) is 44.4 Å². The van der Waals surface area contributed by atoms with Crippen molar-refractivity contribution in [2.75, 3.05) is 18.8 Å². The molecule has 0 N–H and O–H groups in total. The fourth-order valence-corrected chi connectivity index (χ4v) is 3.91. The highest BCUT2D eigenvalue weighted by Crippen LogP contribution is 2.25. The SMILES string of the molecule is N#CCCN(CCC#N)C(=O)CSc1nnc(-c2ccc(F)cc2)n1Cc1ccccc1. The number of nitriles is 2. The van der Waals surface area contributed by atoms with Gasteiger partial charge in [0.25, 0.3) is 0 Å². The summed E-state index contributed by atoms with van der Waals surface area (Å²) in [5.74, 6) is 0.179. The highest BCUT2D eigenvalue weighted by atomic mass is 32.2. The molecule has 0 spiro atoms. The maximum absolute atomic E-state index is 13.4. The molecule has 0 aliphatic carbocycles. The first-order chi connectivity index (χ1) is 15.6. The Balaban J connectivity index is 1.82. The average Bonchev–Trinajstić information content (AvgIpc) is 3.21. The Kier molecular flexibility index (Phi) is 8.36. The summed E-state index contributed by atoms with van der Waals surface area (Å²) in [6.45, 7) is 1.06. The molecule has 1 aromatic heterocycles. The highest BCUT2D eigenvalue weighted by Gasteiger charge is 2.19. The maximum atomic E-state index is 13.4. The van der Waals surface area contributed by atoms with E-state index in [2.05, 4.69) is 10.2 Å². The smallest absolute Gasteiger partial charge is 0.233 e. The topological polar surface area (TPSA) is 98.6 Å². The summed E-state index contributed by atoms with van der Waals surface area (Å²) in [6.07, 6.45) is 0.418. The first kappa shape index (κ1) is 23.0. The third-order valence-corrected chi connectivity index (χ3v) is 5.62. The van der Waals surface area contributed by atoms with Crippen LogP contribution < -0.4 is 0 Å². The van der Waals surface area contributed by atoms with Gasteiger partial charge in [-0.15, -0.1) is 10.2 Å². The van der Waals surface area contributed by atoms with Gasteiger partial charge in [-0.3, -0.25) is 9.36 Å². The Morgan fingerprint density at radius 1 is 1.00 bits per heavy atom. The molecular formula is C23H21FN6OS. The lowest BCUT2D eigenvalue weighted by atomic mass is 10.2. The van der Waals surface area contributed by atoms with Crippen molar-refractivity contribution in [3.05, 3.63) is 66.0 Å². The molecule has 0 bridgehead atoms. The van der Waals surface area contributed by atoms with Gasteiger partial charge in [-0.2, -0.15) is 10.5 Å². The minimum Gasteiger partial charge on any atom is -0.340 e. The van der Waals surface area contributed by atoms with E-state index in [4.69, 9.17) is 10.5 Å². The lowest BCUT2D eigenvalue weighted by Gasteiger charge is -2.20. The number of hydrogen-bond acceptors (Lipinski definition) is 6. The molecule has 0 fully saturated rings. The van der Waals surface area contributed by atoms with Crippen LogP contribution >= 0.6 is 11.8 Å². The zero-order valence-corrected chi connectivity index (χ0v) is 18.1. The summed E-state index contributed by atoms with van der Waals surface area (Å²) in [7, 11) is 0. The number of rotatable bonds is 10. The second-order valence-corrected chi connectivity index (χ2v) is 7.81. The van der Waals surface area contributed by atoms with E-state index >= 15 is 0 Å². The van der Waals surface area contributed by atoms with Gasteiger partial charge in [-0.1, -0.05) is 42.1 Å². The molecular weight excluding hydrogens is 427 g/mol. The number of aromatic nitrogens is 3. The molecule has 0 saturated heterocycles. The number of carbonyl (C=O) groups excluding carboxylic acids is 1. The van der Waals surface area contributed by atoms with Crippen LogP contribution in [0.25, 0.3) is 11.4 Å². The normalized spacial score (nSPS) is 10.3. The lowest BCUT2D eigenvalue weighted by molar-refractivity contribution is -0.128. The molecule has 0 saturated carbocycles. The van der Waals surface area contributed by atoms with Gasteiger partial charge in [0.15, 0.2) is 11.0 Å². The van der Waals surface area contributed by atoms with Crippen LogP contribution in [0.2, 0.25) is 0 Å². The molecule has 162 valence electrons. The zero-order chi connectivity index (χ0) is 22.8. The Bertz CT molecular complexity index is 1100. The Morgan fingerprint density at radius 3 is 2.28 bits per heavy atom. The van der Waals surface area contributed by atoms with Crippen LogP contribution in [-0.2, 0) is 11.3 Å². The average molecular weight is 449 g/mol. The van der Waals surface area contributed by atoms with E-state index in [0.29, 0.717) is 17.5 Å². The molecule has 9 heteroatoms. The second-order valence-electron chi connectivity index (χ2n) is 6.87. The number of hydrogen-bond donors (Lipinski definition) is 0. The third kappa shape index (κ3) is 6.16. The molecule has 0 atom stereocenters. The third-order valence-electron chi connectivity index (χ3n) is 4.67. The van der Waals surface area contributed by atoms with E-state index in [1.807, 2.05) is 47.0 Å². The summed E-state index contributed by atoms with van der Waals surface area (Å²) in [4.78, 5) is 14.2. The minimum atomic E-state index is -0.335. The standard InChI is InChI=1S/C23H21FN6OS/c24-20-10-8-19(9-11-20)22-27-28-23(30(22)16-18-6-2-1-3-7-18)32-17-21(31)29(14-4-12-25)15-5-13-26/h1-3,6-11H,4-5,14-17H2. The second kappa shape index (κ2) is 11.6. The minimum absolute atomic E-state index is 0.104. The van der Waals surface area contributed by atoms with Crippen LogP contribution in [0.3, 0.4) is 0 Å². The van der Waals surface area contributed by atoms with Crippen molar-refractivity contribution in [3.8, 4) is 23.5 Å². The molecule has 3 aromatic rings. The molecule has 32 heavy (non-hydrogen) atoms. The summed E-state index contributed by atoms with van der Waals surface area (Å²) in [5.41, 5.74) is 1.76. The number of thioether (sulfide) groups is 1. The van der Waals surface area contributed by atoms with Crippen molar-refractivity contribution in [3.63, 3.8) is 0 Å².